The first-order chi connectivity index (χ1) is 13.1. The van der Waals surface area contributed by atoms with Gasteiger partial charge in [-0.25, -0.2) is 4.98 Å². The van der Waals surface area contributed by atoms with Crippen LogP contribution in [0.5, 0.6) is 0 Å². The van der Waals surface area contributed by atoms with E-state index in [1.807, 2.05) is 11.0 Å². The quantitative estimate of drug-likeness (QED) is 0.811. The van der Waals surface area contributed by atoms with Gasteiger partial charge in [-0.2, -0.15) is 0 Å². The number of aryl methyl sites for hydroxylation is 1. The van der Waals surface area contributed by atoms with Crippen LogP contribution >= 0.6 is 0 Å². The van der Waals surface area contributed by atoms with Gasteiger partial charge in [-0.3, -0.25) is 4.79 Å². The number of aromatic nitrogens is 1. The van der Waals surface area contributed by atoms with E-state index in [-0.39, 0.29) is 5.91 Å². The molecule has 0 atom stereocenters. The molecular weight excluding hydrogens is 336 g/mol. The Morgan fingerprint density at radius 3 is 2.52 bits per heavy atom. The van der Waals surface area contributed by atoms with Gasteiger partial charge in [0.2, 0.25) is 0 Å². The van der Waals surface area contributed by atoms with Crippen molar-refractivity contribution >= 4 is 23.1 Å². The fourth-order valence-electron chi connectivity index (χ4n) is 3.62. The summed E-state index contributed by atoms with van der Waals surface area (Å²) in [5.41, 5.74) is 4.10. The number of pyridine rings is 1. The Bertz CT molecular complexity index is 780. The molecule has 1 saturated heterocycles. The number of hydrogen-bond acceptors (Lipinski definition) is 4. The Labute approximate surface area is 162 Å². The number of nitrogens with zero attached hydrogens (tertiary/aromatic N) is 3. The summed E-state index contributed by atoms with van der Waals surface area (Å²) in [5.74, 6) is 0.810. The van der Waals surface area contributed by atoms with Gasteiger partial charge in [0, 0.05) is 49.3 Å². The minimum absolute atomic E-state index is 0.105. The van der Waals surface area contributed by atoms with Crippen LogP contribution < -0.4 is 10.2 Å². The molecule has 1 aliphatic rings. The SMILES string of the molecule is CCN(CC)c1ccc(Nc2cc(C(=O)N3CCCCC3)ccn2)c(C)c1. The minimum Gasteiger partial charge on any atom is -0.372 e. The van der Waals surface area contributed by atoms with Crippen LogP contribution in [0, 0.1) is 6.92 Å². The van der Waals surface area contributed by atoms with Crippen LogP contribution in [-0.4, -0.2) is 42.0 Å². The Kier molecular flexibility index (Phi) is 6.32. The third-order valence-electron chi connectivity index (χ3n) is 5.25. The standard InChI is InChI=1S/C22H30N4O/c1-4-25(5-2)19-9-10-20(17(3)15-19)24-21-16-18(11-12-23-21)22(27)26-13-7-6-8-14-26/h9-12,15-16H,4-8,13-14H2,1-3H3,(H,23,24). The first kappa shape index (κ1) is 19.2. The second-order valence-corrected chi connectivity index (χ2v) is 7.08. The maximum Gasteiger partial charge on any atom is 0.254 e. The van der Waals surface area contributed by atoms with Crippen molar-refractivity contribution in [2.75, 3.05) is 36.4 Å². The topological polar surface area (TPSA) is 48.5 Å². The molecule has 144 valence electrons. The molecule has 0 unspecified atom stereocenters. The molecule has 1 aromatic heterocycles. The molecule has 5 nitrogen and oxygen atoms in total. The number of amides is 1. The third-order valence-corrected chi connectivity index (χ3v) is 5.25. The summed E-state index contributed by atoms with van der Waals surface area (Å²) in [6.45, 7) is 10.1. The molecule has 1 amide bonds. The van der Waals surface area contributed by atoms with Gasteiger partial charge in [-0.1, -0.05) is 0 Å². The van der Waals surface area contributed by atoms with Crippen LogP contribution in [0.15, 0.2) is 36.5 Å². The van der Waals surface area contributed by atoms with Gasteiger partial charge in [0.25, 0.3) is 5.91 Å². The highest BCUT2D eigenvalue weighted by Gasteiger charge is 2.18. The first-order valence-corrected chi connectivity index (χ1v) is 10.00. The van der Waals surface area contributed by atoms with E-state index in [1.54, 1.807) is 12.3 Å². The fraction of sp³-hybridized carbons (Fsp3) is 0.455. The molecule has 0 saturated carbocycles. The second-order valence-electron chi connectivity index (χ2n) is 7.08. The van der Waals surface area contributed by atoms with Gasteiger partial charge in [-0.05, 0) is 75.9 Å². The predicted octanol–water partition coefficient (Wildman–Crippen LogP) is 4.61. The summed E-state index contributed by atoms with van der Waals surface area (Å²) >= 11 is 0. The molecule has 0 radical (unpaired) electrons. The van der Waals surface area contributed by atoms with Crippen LogP contribution in [0.3, 0.4) is 0 Å². The molecule has 1 N–H and O–H groups in total. The first-order valence-electron chi connectivity index (χ1n) is 10.00. The highest BCUT2D eigenvalue weighted by molar-refractivity contribution is 5.95. The number of hydrogen-bond donors (Lipinski definition) is 1. The zero-order valence-corrected chi connectivity index (χ0v) is 16.7. The van der Waals surface area contributed by atoms with Crippen molar-refractivity contribution < 1.29 is 4.79 Å². The van der Waals surface area contributed by atoms with Gasteiger partial charge < -0.3 is 15.1 Å². The molecule has 1 fully saturated rings. The van der Waals surface area contributed by atoms with E-state index in [2.05, 4.69) is 54.2 Å². The summed E-state index contributed by atoms with van der Waals surface area (Å²) in [5, 5.41) is 3.37. The average molecular weight is 367 g/mol. The Hall–Kier alpha value is -2.56. The number of anilines is 3. The Balaban J connectivity index is 1.75. The molecule has 0 bridgehead atoms. The number of carbonyl (C=O) groups excluding carboxylic acids is 1. The van der Waals surface area contributed by atoms with Crippen molar-refractivity contribution in [3.63, 3.8) is 0 Å². The van der Waals surface area contributed by atoms with Gasteiger partial charge in [0.05, 0.1) is 0 Å². The number of nitrogens with one attached hydrogen (secondary N) is 1. The minimum atomic E-state index is 0.105. The van der Waals surface area contributed by atoms with Crippen molar-refractivity contribution in [2.24, 2.45) is 0 Å². The van der Waals surface area contributed by atoms with E-state index >= 15 is 0 Å². The number of rotatable bonds is 6. The van der Waals surface area contributed by atoms with E-state index in [1.165, 1.54) is 12.1 Å². The van der Waals surface area contributed by atoms with Crippen molar-refractivity contribution in [3.8, 4) is 0 Å². The molecule has 2 aromatic rings. The molecular formula is C22H30N4O. The van der Waals surface area contributed by atoms with Gasteiger partial charge in [-0.15, -0.1) is 0 Å². The van der Waals surface area contributed by atoms with Crippen molar-refractivity contribution in [2.45, 2.75) is 40.0 Å². The highest BCUT2D eigenvalue weighted by atomic mass is 16.2. The zero-order valence-electron chi connectivity index (χ0n) is 16.7. The van der Waals surface area contributed by atoms with E-state index in [4.69, 9.17) is 0 Å². The van der Waals surface area contributed by atoms with Crippen LogP contribution in [0.25, 0.3) is 0 Å². The van der Waals surface area contributed by atoms with Crippen molar-refractivity contribution in [3.05, 3.63) is 47.7 Å². The smallest absolute Gasteiger partial charge is 0.254 e. The van der Waals surface area contributed by atoms with Crippen molar-refractivity contribution in [1.82, 2.24) is 9.88 Å². The lowest BCUT2D eigenvalue weighted by Crippen LogP contribution is -2.35. The van der Waals surface area contributed by atoms with Crippen LogP contribution in [-0.2, 0) is 0 Å². The normalized spacial score (nSPS) is 14.1. The predicted molar refractivity (Wildman–Crippen MR) is 112 cm³/mol. The maximum atomic E-state index is 12.7. The molecule has 1 aliphatic heterocycles. The number of piperidine rings is 1. The van der Waals surface area contributed by atoms with E-state index in [0.29, 0.717) is 11.4 Å². The van der Waals surface area contributed by atoms with Gasteiger partial charge in [0.1, 0.15) is 5.82 Å². The van der Waals surface area contributed by atoms with Gasteiger partial charge in [0.15, 0.2) is 0 Å². The summed E-state index contributed by atoms with van der Waals surface area (Å²) in [7, 11) is 0. The zero-order chi connectivity index (χ0) is 19.2. The highest BCUT2D eigenvalue weighted by Crippen LogP contribution is 2.25. The fourth-order valence-corrected chi connectivity index (χ4v) is 3.62. The molecule has 0 aliphatic carbocycles. The molecule has 1 aromatic carbocycles. The average Bonchev–Trinajstić information content (AvgIpc) is 2.71. The summed E-state index contributed by atoms with van der Waals surface area (Å²) in [6, 6.07) is 10.1. The van der Waals surface area contributed by atoms with Crippen LogP contribution in [0.1, 0.15) is 49.0 Å². The lowest BCUT2D eigenvalue weighted by molar-refractivity contribution is 0.0724. The number of carbonyl (C=O) groups is 1. The Morgan fingerprint density at radius 2 is 1.85 bits per heavy atom. The Morgan fingerprint density at radius 1 is 1.11 bits per heavy atom. The molecule has 0 spiro atoms. The van der Waals surface area contributed by atoms with Crippen LogP contribution in [0.4, 0.5) is 17.2 Å². The largest absolute Gasteiger partial charge is 0.372 e. The van der Waals surface area contributed by atoms with E-state index < -0.39 is 0 Å². The molecule has 27 heavy (non-hydrogen) atoms. The summed E-state index contributed by atoms with van der Waals surface area (Å²) < 4.78 is 0. The lowest BCUT2D eigenvalue weighted by Gasteiger charge is -2.26. The molecule has 2 heterocycles. The maximum absolute atomic E-state index is 12.7. The van der Waals surface area contributed by atoms with Crippen LogP contribution in [0.2, 0.25) is 0 Å². The lowest BCUT2D eigenvalue weighted by atomic mass is 10.1. The third kappa shape index (κ3) is 4.59. The second kappa shape index (κ2) is 8.89. The summed E-state index contributed by atoms with van der Waals surface area (Å²) in [4.78, 5) is 21.4. The number of likely N-dealkylation sites (tertiary alicyclic amines) is 1. The monoisotopic (exact) mass is 366 g/mol. The number of benzene rings is 1. The van der Waals surface area contributed by atoms with E-state index in [9.17, 15) is 4.79 Å². The van der Waals surface area contributed by atoms with E-state index in [0.717, 1.165) is 50.3 Å². The molecule has 3 rings (SSSR count). The summed E-state index contributed by atoms with van der Waals surface area (Å²) in [6.07, 6.45) is 5.12. The van der Waals surface area contributed by atoms with Crippen molar-refractivity contribution in [1.29, 1.82) is 0 Å². The molecule has 5 heteroatoms. The van der Waals surface area contributed by atoms with Gasteiger partial charge >= 0.3 is 0 Å².